The van der Waals surface area contributed by atoms with Crippen LogP contribution in [0.5, 0.6) is 0 Å². The van der Waals surface area contributed by atoms with Crippen molar-refractivity contribution in [2.24, 2.45) is 4.99 Å². The van der Waals surface area contributed by atoms with Gasteiger partial charge in [0.05, 0.1) is 45.4 Å². The smallest absolute Gasteiger partial charge is 0.336 e. The van der Waals surface area contributed by atoms with Gasteiger partial charge in [-0.25, -0.2) is 9.79 Å². The van der Waals surface area contributed by atoms with Crippen molar-refractivity contribution in [3.8, 4) is 0 Å². The summed E-state index contributed by atoms with van der Waals surface area (Å²) in [6.45, 7) is 4.27. The third-order valence-corrected chi connectivity index (χ3v) is 9.19. The molecule has 3 aromatic rings. The number of ether oxygens (including phenoxy) is 1. The van der Waals surface area contributed by atoms with Gasteiger partial charge >= 0.3 is 5.97 Å². The maximum Gasteiger partial charge on any atom is 0.336 e. The van der Waals surface area contributed by atoms with Crippen LogP contribution in [0.2, 0.25) is 10.0 Å². The second-order valence-electron chi connectivity index (χ2n) is 10.4. The molecule has 0 spiro atoms. The Labute approximate surface area is 255 Å². The number of piperidine rings is 1. The second-order valence-corrected chi connectivity index (χ2v) is 12.2. The summed E-state index contributed by atoms with van der Waals surface area (Å²) < 4.78 is 6.09. The third-order valence-electron chi connectivity index (χ3n) is 7.59. The molecule has 2 aliphatic heterocycles. The molecule has 1 fully saturated rings. The van der Waals surface area contributed by atoms with E-state index < -0.39 is 12.0 Å². The average molecular weight is 613 g/mol. The molecule has 0 aliphatic carbocycles. The highest BCUT2D eigenvalue weighted by atomic mass is 35.5. The van der Waals surface area contributed by atoms with Crippen LogP contribution in [0.15, 0.2) is 82.3 Å². The first-order chi connectivity index (χ1) is 20.0. The molecule has 41 heavy (non-hydrogen) atoms. The van der Waals surface area contributed by atoms with Crippen LogP contribution in [0.25, 0.3) is 0 Å². The van der Waals surface area contributed by atoms with Crippen molar-refractivity contribution >= 4 is 46.3 Å². The van der Waals surface area contributed by atoms with E-state index in [9.17, 15) is 9.90 Å². The largest absolute Gasteiger partial charge is 0.478 e. The molecule has 5 rings (SSSR count). The number of aliphatic imine (C=N–C) groups is 1. The van der Waals surface area contributed by atoms with Crippen molar-refractivity contribution in [3.63, 3.8) is 0 Å². The fourth-order valence-corrected chi connectivity index (χ4v) is 6.58. The van der Waals surface area contributed by atoms with Gasteiger partial charge in [0.1, 0.15) is 5.84 Å². The summed E-state index contributed by atoms with van der Waals surface area (Å²) in [5.41, 5.74) is 2.64. The minimum Gasteiger partial charge on any atom is -0.478 e. The molecule has 0 amide bonds. The van der Waals surface area contributed by atoms with Crippen LogP contribution in [0.3, 0.4) is 0 Å². The van der Waals surface area contributed by atoms with Crippen molar-refractivity contribution < 1.29 is 14.6 Å². The molecular formula is C32H35Cl2N3O3S. The molecule has 2 aliphatic rings. The predicted octanol–water partition coefficient (Wildman–Crippen LogP) is 7.33. The summed E-state index contributed by atoms with van der Waals surface area (Å²) >= 11 is 14.3. The van der Waals surface area contributed by atoms with E-state index in [2.05, 4.69) is 21.9 Å². The first-order valence-corrected chi connectivity index (χ1v) is 15.8. The van der Waals surface area contributed by atoms with Crippen LogP contribution in [0.4, 0.5) is 0 Å². The van der Waals surface area contributed by atoms with Crippen molar-refractivity contribution in [2.45, 2.75) is 38.1 Å². The van der Waals surface area contributed by atoms with Crippen molar-refractivity contribution in [2.75, 3.05) is 39.4 Å². The van der Waals surface area contributed by atoms with E-state index in [0.717, 1.165) is 48.8 Å². The van der Waals surface area contributed by atoms with Gasteiger partial charge in [0.25, 0.3) is 0 Å². The summed E-state index contributed by atoms with van der Waals surface area (Å²) in [6, 6.07) is 19.1. The van der Waals surface area contributed by atoms with Gasteiger partial charge in [-0.1, -0.05) is 72.1 Å². The van der Waals surface area contributed by atoms with E-state index in [4.69, 9.17) is 32.9 Å². The van der Waals surface area contributed by atoms with Crippen LogP contribution in [-0.2, 0) is 16.0 Å². The lowest BCUT2D eigenvalue weighted by molar-refractivity contribution is -0.133. The first-order valence-electron chi connectivity index (χ1n) is 14.2. The minimum atomic E-state index is -1.02. The van der Waals surface area contributed by atoms with E-state index in [-0.39, 0.29) is 12.2 Å². The van der Waals surface area contributed by atoms with E-state index >= 15 is 0 Å². The molecule has 1 unspecified atom stereocenters. The molecule has 9 heteroatoms. The highest BCUT2D eigenvalue weighted by Crippen LogP contribution is 2.39. The Kier molecular flexibility index (Phi) is 10.5. The number of aliphatic carboxylic acids is 1. The van der Waals surface area contributed by atoms with Crippen molar-refractivity contribution in [1.82, 2.24) is 9.80 Å². The number of halogens is 2. The van der Waals surface area contributed by atoms with E-state index in [0.29, 0.717) is 28.9 Å². The number of aryl methyl sites for hydroxylation is 1. The van der Waals surface area contributed by atoms with Gasteiger partial charge in [0.15, 0.2) is 0 Å². The van der Waals surface area contributed by atoms with Crippen molar-refractivity contribution in [1.29, 1.82) is 0 Å². The second kappa shape index (κ2) is 14.5. The topological polar surface area (TPSA) is 65.4 Å². The molecule has 0 bridgehead atoms. The lowest BCUT2D eigenvalue weighted by Gasteiger charge is -2.38. The molecule has 3 heterocycles. The molecule has 216 valence electrons. The normalized spacial score (nSPS) is 18.0. The highest BCUT2D eigenvalue weighted by molar-refractivity contribution is 7.12. The number of nitrogens with zero attached hydrogens (tertiary/aromatic N) is 3. The zero-order valence-electron chi connectivity index (χ0n) is 23.0. The molecule has 0 saturated carbocycles. The van der Waals surface area contributed by atoms with E-state index in [1.807, 2.05) is 41.8 Å². The van der Waals surface area contributed by atoms with E-state index in [1.54, 1.807) is 23.5 Å². The zero-order valence-corrected chi connectivity index (χ0v) is 25.3. The fourth-order valence-electron chi connectivity index (χ4n) is 5.55. The van der Waals surface area contributed by atoms with Crippen LogP contribution < -0.4 is 0 Å². The number of thiophene rings is 1. The number of likely N-dealkylation sites (tertiary alicyclic amines) is 1. The van der Waals surface area contributed by atoms with Crippen LogP contribution in [-0.4, -0.2) is 66.1 Å². The maximum atomic E-state index is 12.9. The quantitative estimate of drug-likeness (QED) is 0.217. The number of rotatable bonds is 12. The van der Waals surface area contributed by atoms with Gasteiger partial charge in [-0.05, 0) is 73.5 Å². The lowest BCUT2D eigenvalue weighted by atomic mass is 9.92. The van der Waals surface area contributed by atoms with Crippen LogP contribution in [0.1, 0.15) is 47.7 Å². The zero-order chi connectivity index (χ0) is 28.6. The SMILES string of the molecule is O=C(O)C1=C(COCCN2CCCCC2)N=C(c2cccs2)N(CCCc2ccccc2)C1c1ccc(Cl)c(Cl)c1. The number of amidine groups is 1. The molecule has 6 nitrogen and oxygen atoms in total. The Morgan fingerprint density at radius 3 is 2.51 bits per heavy atom. The summed E-state index contributed by atoms with van der Waals surface area (Å²) in [5.74, 6) is -0.262. The number of carboxylic acid groups (broad SMARTS) is 1. The molecule has 2 aromatic carbocycles. The number of carboxylic acids is 1. The summed E-state index contributed by atoms with van der Waals surface area (Å²) in [6.07, 6.45) is 5.40. The monoisotopic (exact) mass is 611 g/mol. The van der Waals surface area contributed by atoms with Crippen LogP contribution in [0, 0.1) is 0 Å². The Balaban J connectivity index is 1.48. The predicted molar refractivity (Wildman–Crippen MR) is 167 cm³/mol. The van der Waals surface area contributed by atoms with Gasteiger partial charge in [-0.2, -0.15) is 0 Å². The molecule has 0 radical (unpaired) electrons. The van der Waals surface area contributed by atoms with Gasteiger partial charge < -0.3 is 19.6 Å². The van der Waals surface area contributed by atoms with E-state index in [1.165, 1.54) is 24.8 Å². The van der Waals surface area contributed by atoms with Gasteiger partial charge in [-0.3, -0.25) is 0 Å². The highest BCUT2D eigenvalue weighted by Gasteiger charge is 2.38. The molecule has 1 N–H and O–H groups in total. The number of hydrogen-bond acceptors (Lipinski definition) is 6. The summed E-state index contributed by atoms with van der Waals surface area (Å²) in [5, 5.41) is 13.4. The first kappa shape index (κ1) is 29.8. The Morgan fingerprint density at radius 2 is 1.80 bits per heavy atom. The maximum absolute atomic E-state index is 12.9. The fraction of sp³-hybridized carbons (Fsp3) is 0.375. The minimum absolute atomic E-state index is 0.125. The number of benzene rings is 2. The molecule has 1 saturated heterocycles. The van der Waals surface area contributed by atoms with Crippen LogP contribution >= 0.6 is 34.5 Å². The Morgan fingerprint density at radius 1 is 1.00 bits per heavy atom. The summed E-state index contributed by atoms with van der Waals surface area (Å²) in [7, 11) is 0. The molecular weight excluding hydrogens is 577 g/mol. The summed E-state index contributed by atoms with van der Waals surface area (Å²) in [4.78, 5) is 23.4. The average Bonchev–Trinajstić information content (AvgIpc) is 3.53. The molecule has 1 aromatic heterocycles. The lowest BCUT2D eigenvalue weighted by Crippen LogP contribution is -2.42. The third kappa shape index (κ3) is 7.59. The van der Waals surface area contributed by atoms with Crippen molar-refractivity contribution in [3.05, 3.63) is 103 Å². The van der Waals surface area contributed by atoms with Gasteiger partial charge in [0.2, 0.25) is 0 Å². The standard InChI is InChI=1S/C32H35Cl2N3O3S/c33-25-14-13-24(21-26(25)34)30-29(32(38)39)27(22-40-19-18-36-15-5-2-6-16-36)35-31(28-12-8-20-41-28)37(30)17-7-11-23-9-3-1-4-10-23/h1,3-4,8-10,12-14,20-21,30H,2,5-7,11,15-19,22H2,(H,38,39). The Bertz CT molecular complexity index is 1370. The van der Waals surface area contributed by atoms with Gasteiger partial charge in [-0.15, -0.1) is 11.3 Å². The molecule has 1 atom stereocenters. The Hall–Kier alpha value is -2.68. The number of carbonyl (C=O) groups is 1. The number of hydrogen-bond donors (Lipinski definition) is 1. The van der Waals surface area contributed by atoms with Gasteiger partial charge in [0, 0.05) is 13.1 Å².